The largest absolute Gasteiger partial charge is 0.374 e. The first kappa shape index (κ1) is 13.9. The molecule has 14 heavy (non-hydrogen) atoms. The average Bonchev–Trinajstić information content (AvgIpc) is 2.23. The molecular weight excluding hydrogens is 174 g/mol. The van der Waals surface area contributed by atoms with E-state index in [4.69, 9.17) is 4.74 Å². The van der Waals surface area contributed by atoms with Crippen molar-refractivity contribution < 1.29 is 4.74 Å². The van der Waals surface area contributed by atoms with Gasteiger partial charge in [0.1, 0.15) is 0 Å². The summed E-state index contributed by atoms with van der Waals surface area (Å²) < 4.78 is 5.94. The first-order valence-corrected chi connectivity index (χ1v) is 6.05. The maximum absolute atomic E-state index is 5.94. The molecule has 0 radical (unpaired) electrons. The Morgan fingerprint density at radius 1 is 1.00 bits per heavy atom. The summed E-state index contributed by atoms with van der Waals surface area (Å²) in [6, 6.07) is 0. The van der Waals surface area contributed by atoms with Crippen LogP contribution in [0.3, 0.4) is 0 Å². The molecule has 2 nitrogen and oxygen atoms in total. The molecule has 0 saturated carbocycles. The third kappa shape index (κ3) is 5.61. The normalized spacial score (nSPS) is 15.9. The molecule has 0 saturated heterocycles. The van der Waals surface area contributed by atoms with Gasteiger partial charge in [0.2, 0.25) is 0 Å². The molecule has 0 amide bonds. The molecule has 0 N–H and O–H groups in total. The summed E-state index contributed by atoms with van der Waals surface area (Å²) in [5, 5.41) is 0. The second kappa shape index (κ2) is 8.25. The second-order valence-electron chi connectivity index (χ2n) is 3.87. The number of nitrogens with zero attached hydrogens (tertiary/aromatic N) is 1. The molecule has 0 aliphatic rings. The summed E-state index contributed by atoms with van der Waals surface area (Å²) in [5.74, 6) is 0. The molecule has 0 aliphatic carbocycles. The molecule has 2 heteroatoms. The summed E-state index contributed by atoms with van der Waals surface area (Å²) in [6.07, 6.45) is 3.02. The summed E-state index contributed by atoms with van der Waals surface area (Å²) in [6.45, 7) is 14.3. The molecule has 0 spiro atoms. The quantitative estimate of drug-likeness (QED) is 0.598. The van der Waals surface area contributed by atoms with Gasteiger partial charge in [0, 0.05) is 6.54 Å². The molecule has 0 aromatic carbocycles. The van der Waals surface area contributed by atoms with Gasteiger partial charge in [-0.1, -0.05) is 27.7 Å². The van der Waals surface area contributed by atoms with Crippen LogP contribution in [0.5, 0.6) is 0 Å². The van der Waals surface area contributed by atoms with Crippen molar-refractivity contribution in [3.05, 3.63) is 0 Å². The minimum Gasteiger partial charge on any atom is -0.374 e. The van der Waals surface area contributed by atoms with Gasteiger partial charge in [0.15, 0.2) is 0 Å². The number of ether oxygens (including phenoxy) is 1. The summed E-state index contributed by atoms with van der Waals surface area (Å²) in [5.41, 5.74) is 0. The van der Waals surface area contributed by atoms with E-state index in [1.165, 1.54) is 0 Å². The van der Waals surface area contributed by atoms with Crippen molar-refractivity contribution in [3.8, 4) is 0 Å². The fourth-order valence-corrected chi connectivity index (χ4v) is 1.46. The van der Waals surface area contributed by atoms with E-state index in [0.29, 0.717) is 12.2 Å². The number of hydrogen-bond donors (Lipinski definition) is 0. The fourth-order valence-electron chi connectivity index (χ4n) is 1.46. The minimum absolute atomic E-state index is 0.399. The lowest BCUT2D eigenvalue weighted by Gasteiger charge is -2.26. The maximum Gasteiger partial charge on any atom is 0.0703 e. The van der Waals surface area contributed by atoms with Crippen LogP contribution in [0.25, 0.3) is 0 Å². The highest BCUT2D eigenvalue weighted by Crippen LogP contribution is 2.07. The molecule has 0 rings (SSSR count). The molecule has 86 valence electrons. The zero-order valence-corrected chi connectivity index (χ0v) is 10.5. The predicted molar refractivity (Wildman–Crippen MR) is 62.7 cm³/mol. The van der Waals surface area contributed by atoms with Crippen molar-refractivity contribution >= 4 is 0 Å². The van der Waals surface area contributed by atoms with Gasteiger partial charge in [-0.25, -0.2) is 0 Å². The Morgan fingerprint density at radius 2 is 1.57 bits per heavy atom. The van der Waals surface area contributed by atoms with Gasteiger partial charge in [0.05, 0.1) is 12.2 Å². The van der Waals surface area contributed by atoms with Crippen LogP contribution >= 0.6 is 0 Å². The van der Waals surface area contributed by atoms with E-state index in [9.17, 15) is 0 Å². The van der Waals surface area contributed by atoms with E-state index in [-0.39, 0.29) is 0 Å². The van der Waals surface area contributed by atoms with Gasteiger partial charge in [-0.3, -0.25) is 0 Å². The van der Waals surface area contributed by atoms with Gasteiger partial charge in [-0.05, 0) is 32.9 Å². The van der Waals surface area contributed by atoms with Crippen molar-refractivity contribution in [1.82, 2.24) is 4.90 Å². The summed E-state index contributed by atoms with van der Waals surface area (Å²) in [7, 11) is 0. The molecule has 0 heterocycles. The fraction of sp³-hybridized carbons (Fsp3) is 1.00. The Balaban J connectivity index is 3.88. The van der Waals surface area contributed by atoms with Crippen LogP contribution in [-0.2, 0) is 4.74 Å². The lowest BCUT2D eigenvalue weighted by molar-refractivity contribution is -0.0220. The maximum atomic E-state index is 5.94. The van der Waals surface area contributed by atoms with Crippen LogP contribution in [0, 0.1) is 0 Å². The van der Waals surface area contributed by atoms with Crippen LogP contribution in [0.4, 0.5) is 0 Å². The SMILES string of the molecule is CCC(C)OC(CC)CN(CC)CC. The Bertz CT molecular complexity index is 123. The third-order valence-corrected chi connectivity index (χ3v) is 2.81. The highest BCUT2D eigenvalue weighted by atomic mass is 16.5. The van der Waals surface area contributed by atoms with Crippen molar-refractivity contribution in [1.29, 1.82) is 0 Å². The number of rotatable bonds is 8. The van der Waals surface area contributed by atoms with Crippen LogP contribution in [-0.4, -0.2) is 36.7 Å². The van der Waals surface area contributed by atoms with Gasteiger partial charge in [0.25, 0.3) is 0 Å². The topological polar surface area (TPSA) is 12.5 Å². The highest BCUT2D eigenvalue weighted by molar-refractivity contribution is 4.64. The second-order valence-corrected chi connectivity index (χ2v) is 3.87. The van der Waals surface area contributed by atoms with E-state index >= 15 is 0 Å². The monoisotopic (exact) mass is 201 g/mol. The number of likely N-dealkylation sites (N-methyl/N-ethyl adjacent to an activating group) is 1. The van der Waals surface area contributed by atoms with Crippen molar-refractivity contribution in [2.24, 2.45) is 0 Å². The lowest BCUT2D eigenvalue weighted by atomic mass is 10.2. The molecule has 0 aromatic heterocycles. The van der Waals surface area contributed by atoms with Crippen molar-refractivity contribution in [2.45, 2.75) is 59.7 Å². The smallest absolute Gasteiger partial charge is 0.0703 e. The number of hydrogen-bond acceptors (Lipinski definition) is 2. The van der Waals surface area contributed by atoms with Crippen molar-refractivity contribution in [3.63, 3.8) is 0 Å². The van der Waals surface area contributed by atoms with E-state index in [1.54, 1.807) is 0 Å². The van der Waals surface area contributed by atoms with Crippen LogP contribution in [0.2, 0.25) is 0 Å². The Hall–Kier alpha value is -0.0800. The van der Waals surface area contributed by atoms with Gasteiger partial charge in [-0.2, -0.15) is 0 Å². The van der Waals surface area contributed by atoms with E-state index < -0.39 is 0 Å². The predicted octanol–water partition coefficient (Wildman–Crippen LogP) is 2.92. The molecule has 0 bridgehead atoms. The van der Waals surface area contributed by atoms with Gasteiger partial charge in [-0.15, -0.1) is 0 Å². The van der Waals surface area contributed by atoms with E-state index in [2.05, 4.69) is 39.5 Å². The molecule has 0 aliphatic heterocycles. The molecule has 0 fully saturated rings. The standard InChI is InChI=1S/C12H27NO/c1-6-11(5)14-12(7-2)10-13(8-3)9-4/h11-12H,6-10H2,1-5H3. The third-order valence-electron chi connectivity index (χ3n) is 2.81. The van der Waals surface area contributed by atoms with Crippen molar-refractivity contribution in [2.75, 3.05) is 19.6 Å². The van der Waals surface area contributed by atoms with Gasteiger partial charge < -0.3 is 9.64 Å². The van der Waals surface area contributed by atoms with Crippen LogP contribution in [0.15, 0.2) is 0 Å². The Labute approximate surface area is 89.6 Å². The molecule has 0 aromatic rings. The molecular formula is C12H27NO. The first-order valence-electron chi connectivity index (χ1n) is 6.05. The zero-order chi connectivity index (χ0) is 11.0. The summed E-state index contributed by atoms with van der Waals surface area (Å²) in [4.78, 5) is 2.43. The zero-order valence-electron chi connectivity index (χ0n) is 10.5. The lowest BCUT2D eigenvalue weighted by Crippen LogP contribution is -2.35. The minimum atomic E-state index is 0.399. The Kier molecular flexibility index (Phi) is 8.20. The molecule has 2 unspecified atom stereocenters. The Morgan fingerprint density at radius 3 is 1.93 bits per heavy atom. The van der Waals surface area contributed by atoms with E-state index in [0.717, 1.165) is 32.5 Å². The van der Waals surface area contributed by atoms with Gasteiger partial charge >= 0.3 is 0 Å². The first-order chi connectivity index (χ1) is 6.67. The van der Waals surface area contributed by atoms with E-state index in [1.807, 2.05) is 0 Å². The summed E-state index contributed by atoms with van der Waals surface area (Å²) >= 11 is 0. The average molecular weight is 201 g/mol. The highest BCUT2D eigenvalue weighted by Gasteiger charge is 2.13. The van der Waals surface area contributed by atoms with Crippen LogP contribution in [0.1, 0.15) is 47.5 Å². The van der Waals surface area contributed by atoms with Crippen LogP contribution < -0.4 is 0 Å². The molecule has 2 atom stereocenters.